The van der Waals surface area contributed by atoms with Crippen molar-refractivity contribution in [1.29, 1.82) is 0 Å². The Morgan fingerprint density at radius 2 is 1.76 bits per heavy atom. The summed E-state index contributed by atoms with van der Waals surface area (Å²) in [4.78, 5) is 12.3. The molecule has 2 aromatic rings. The minimum atomic E-state index is -0.460. The number of hydrogen-bond donors (Lipinski definition) is 1. The van der Waals surface area contributed by atoms with Crippen LogP contribution < -0.4 is 14.8 Å². The summed E-state index contributed by atoms with van der Waals surface area (Å²) in [5.74, 6) is 1.58. The van der Waals surface area contributed by atoms with Crippen LogP contribution in [0.1, 0.15) is 32.3 Å². The van der Waals surface area contributed by atoms with Crippen molar-refractivity contribution >= 4 is 5.91 Å². The summed E-state index contributed by atoms with van der Waals surface area (Å²) >= 11 is 0. The van der Waals surface area contributed by atoms with E-state index in [4.69, 9.17) is 9.47 Å². The van der Waals surface area contributed by atoms with E-state index in [-0.39, 0.29) is 5.91 Å². The van der Waals surface area contributed by atoms with Crippen LogP contribution in [0, 0.1) is 0 Å². The summed E-state index contributed by atoms with van der Waals surface area (Å²) in [6.45, 7) is 5.21. The first-order valence-electron chi connectivity index (χ1n) is 8.94. The zero-order valence-corrected chi connectivity index (χ0v) is 15.0. The second-order valence-electron chi connectivity index (χ2n) is 5.76. The Morgan fingerprint density at radius 1 is 1.04 bits per heavy atom. The van der Waals surface area contributed by atoms with Gasteiger partial charge in [0.1, 0.15) is 11.5 Å². The van der Waals surface area contributed by atoms with Crippen LogP contribution in [0.3, 0.4) is 0 Å². The van der Waals surface area contributed by atoms with E-state index in [1.54, 1.807) is 0 Å². The largest absolute Gasteiger partial charge is 0.494 e. The minimum Gasteiger partial charge on any atom is -0.494 e. The van der Waals surface area contributed by atoms with Crippen molar-refractivity contribution < 1.29 is 14.3 Å². The molecule has 2 aromatic carbocycles. The van der Waals surface area contributed by atoms with Crippen LogP contribution in [0.15, 0.2) is 54.6 Å². The van der Waals surface area contributed by atoms with Crippen LogP contribution in [-0.4, -0.2) is 25.2 Å². The Morgan fingerprint density at radius 3 is 2.48 bits per heavy atom. The topological polar surface area (TPSA) is 47.6 Å². The molecule has 134 valence electrons. The van der Waals surface area contributed by atoms with Gasteiger partial charge in [0.2, 0.25) is 0 Å². The zero-order valence-electron chi connectivity index (χ0n) is 15.0. The van der Waals surface area contributed by atoms with E-state index in [0.29, 0.717) is 19.6 Å². The molecule has 0 aliphatic heterocycles. The van der Waals surface area contributed by atoms with Crippen molar-refractivity contribution in [3.8, 4) is 11.5 Å². The number of aryl methyl sites for hydroxylation is 1. The molecule has 1 amide bonds. The van der Waals surface area contributed by atoms with Crippen LogP contribution in [-0.2, 0) is 11.2 Å². The third kappa shape index (κ3) is 6.14. The van der Waals surface area contributed by atoms with Crippen LogP contribution in [0.4, 0.5) is 0 Å². The molecular formula is C21H27NO3. The summed E-state index contributed by atoms with van der Waals surface area (Å²) in [6, 6.07) is 17.5. The van der Waals surface area contributed by atoms with Gasteiger partial charge in [-0.2, -0.15) is 0 Å². The van der Waals surface area contributed by atoms with E-state index in [1.165, 1.54) is 5.56 Å². The number of carbonyl (C=O) groups is 1. The van der Waals surface area contributed by atoms with Gasteiger partial charge >= 0.3 is 0 Å². The average molecular weight is 341 g/mol. The molecule has 0 heterocycles. The van der Waals surface area contributed by atoms with Gasteiger partial charge in [0.05, 0.1) is 6.61 Å². The summed E-state index contributed by atoms with van der Waals surface area (Å²) in [7, 11) is 0. The fourth-order valence-electron chi connectivity index (χ4n) is 2.60. The van der Waals surface area contributed by atoms with Crippen LogP contribution in [0.2, 0.25) is 0 Å². The maximum atomic E-state index is 12.3. The second-order valence-corrected chi connectivity index (χ2v) is 5.76. The van der Waals surface area contributed by atoms with E-state index < -0.39 is 6.10 Å². The molecule has 4 nitrogen and oxygen atoms in total. The Labute approximate surface area is 150 Å². The molecule has 0 saturated heterocycles. The van der Waals surface area contributed by atoms with Crippen molar-refractivity contribution in [3.63, 3.8) is 0 Å². The van der Waals surface area contributed by atoms with Gasteiger partial charge in [-0.15, -0.1) is 0 Å². The number of hydrogen-bond acceptors (Lipinski definition) is 3. The minimum absolute atomic E-state index is 0.0653. The quantitative estimate of drug-likeness (QED) is 0.665. The van der Waals surface area contributed by atoms with Crippen molar-refractivity contribution in [1.82, 2.24) is 5.32 Å². The van der Waals surface area contributed by atoms with Gasteiger partial charge in [0.25, 0.3) is 5.91 Å². The summed E-state index contributed by atoms with van der Waals surface area (Å²) in [5, 5.41) is 2.97. The van der Waals surface area contributed by atoms with Crippen LogP contribution in [0.5, 0.6) is 11.5 Å². The number of benzene rings is 2. The highest BCUT2D eigenvalue weighted by Crippen LogP contribution is 2.19. The summed E-state index contributed by atoms with van der Waals surface area (Å²) < 4.78 is 11.4. The fourth-order valence-corrected chi connectivity index (χ4v) is 2.60. The lowest BCUT2D eigenvalue weighted by atomic mass is 10.1. The molecule has 0 saturated carbocycles. The first-order valence-corrected chi connectivity index (χ1v) is 8.94. The molecule has 0 radical (unpaired) electrons. The first-order chi connectivity index (χ1) is 12.2. The zero-order chi connectivity index (χ0) is 17.9. The maximum absolute atomic E-state index is 12.3. The number of rotatable bonds is 10. The third-order valence-corrected chi connectivity index (χ3v) is 3.88. The lowest BCUT2D eigenvalue weighted by Crippen LogP contribution is -2.38. The SMILES string of the molecule is CCOc1ccccc1CCCNC(=O)[C@@H](CC)Oc1ccccc1. The van der Waals surface area contributed by atoms with Gasteiger partial charge in [-0.3, -0.25) is 4.79 Å². The molecule has 0 unspecified atom stereocenters. The fraction of sp³-hybridized carbons (Fsp3) is 0.381. The number of ether oxygens (including phenoxy) is 2. The molecule has 0 bridgehead atoms. The monoisotopic (exact) mass is 341 g/mol. The number of amides is 1. The number of para-hydroxylation sites is 2. The molecule has 1 atom stereocenters. The van der Waals surface area contributed by atoms with Crippen molar-refractivity contribution in [3.05, 3.63) is 60.2 Å². The van der Waals surface area contributed by atoms with E-state index >= 15 is 0 Å². The lowest BCUT2D eigenvalue weighted by Gasteiger charge is -2.17. The smallest absolute Gasteiger partial charge is 0.261 e. The normalized spacial score (nSPS) is 11.6. The summed E-state index contributed by atoms with van der Waals surface area (Å²) in [5.41, 5.74) is 1.17. The van der Waals surface area contributed by atoms with Crippen LogP contribution >= 0.6 is 0 Å². The molecule has 0 aliphatic carbocycles. The van der Waals surface area contributed by atoms with E-state index in [1.807, 2.05) is 62.4 Å². The molecule has 0 fully saturated rings. The first kappa shape index (κ1) is 18.8. The number of carbonyl (C=O) groups excluding carboxylic acids is 1. The van der Waals surface area contributed by atoms with E-state index in [0.717, 1.165) is 24.3 Å². The van der Waals surface area contributed by atoms with Gasteiger partial charge in [-0.1, -0.05) is 43.3 Å². The van der Waals surface area contributed by atoms with Crippen molar-refractivity contribution in [2.45, 2.75) is 39.2 Å². The molecule has 1 N–H and O–H groups in total. The molecule has 0 aliphatic rings. The Balaban J connectivity index is 1.77. The Hall–Kier alpha value is -2.49. The molecule has 2 rings (SSSR count). The third-order valence-electron chi connectivity index (χ3n) is 3.88. The predicted octanol–water partition coefficient (Wildman–Crippen LogP) is 3.99. The van der Waals surface area contributed by atoms with E-state index in [2.05, 4.69) is 11.4 Å². The van der Waals surface area contributed by atoms with Gasteiger partial charge < -0.3 is 14.8 Å². The van der Waals surface area contributed by atoms with Crippen molar-refractivity contribution in [2.24, 2.45) is 0 Å². The van der Waals surface area contributed by atoms with Gasteiger partial charge in [0, 0.05) is 6.54 Å². The molecule has 0 spiro atoms. The van der Waals surface area contributed by atoms with E-state index in [9.17, 15) is 4.79 Å². The maximum Gasteiger partial charge on any atom is 0.261 e. The Kier molecular flexibility index (Phi) is 7.83. The predicted molar refractivity (Wildman–Crippen MR) is 100 cm³/mol. The lowest BCUT2D eigenvalue weighted by molar-refractivity contribution is -0.128. The highest BCUT2D eigenvalue weighted by atomic mass is 16.5. The highest BCUT2D eigenvalue weighted by Gasteiger charge is 2.17. The molecule has 25 heavy (non-hydrogen) atoms. The molecular weight excluding hydrogens is 314 g/mol. The number of nitrogens with one attached hydrogen (secondary N) is 1. The van der Waals surface area contributed by atoms with Crippen molar-refractivity contribution in [2.75, 3.05) is 13.2 Å². The standard InChI is InChI=1S/C21H27NO3/c1-3-19(25-18-13-6-5-7-14-18)21(23)22-16-10-12-17-11-8-9-15-20(17)24-4-2/h5-9,11,13-15,19H,3-4,10,12,16H2,1-2H3,(H,22,23)/t19-/m1/s1. The molecule has 0 aromatic heterocycles. The highest BCUT2D eigenvalue weighted by molar-refractivity contribution is 5.81. The molecule has 4 heteroatoms. The van der Waals surface area contributed by atoms with Gasteiger partial charge in [0.15, 0.2) is 6.10 Å². The van der Waals surface area contributed by atoms with Gasteiger partial charge in [-0.25, -0.2) is 0 Å². The van der Waals surface area contributed by atoms with Crippen LogP contribution in [0.25, 0.3) is 0 Å². The van der Waals surface area contributed by atoms with Gasteiger partial charge in [-0.05, 0) is 49.9 Å². The average Bonchev–Trinajstić information content (AvgIpc) is 2.65. The second kappa shape index (κ2) is 10.4. The summed E-state index contributed by atoms with van der Waals surface area (Å²) in [6.07, 6.45) is 1.90. The Bertz CT molecular complexity index is 643.